The van der Waals surface area contributed by atoms with Crippen molar-refractivity contribution in [3.8, 4) is 0 Å². The van der Waals surface area contributed by atoms with E-state index in [0.29, 0.717) is 19.0 Å². The Morgan fingerprint density at radius 1 is 1.33 bits per heavy atom. The number of carbonyl (C=O) groups excluding carboxylic acids is 2. The standard InChI is InChI=1S/C16H22FN5O2/c1-11-9-13(17)4-3-12(11)5-6-19-15(18-2)20-7-8-22-14(23)10-21-16(22)24/h3-4,9H,5-8,10H2,1-2H3,(H,21,24)(H2,18,19,20). The van der Waals surface area contributed by atoms with Gasteiger partial charge in [0.05, 0.1) is 6.54 Å². The summed E-state index contributed by atoms with van der Waals surface area (Å²) in [4.78, 5) is 28.1. The molecular formula is C16H22FN5O2. The van der Waals surface area contributed by atoms with E-state index in [1.807, 2.05) is 6.92 Å². The molecule has 0 bridgehead atoms. The van der Waals surface area contributed by atoms with Gasteiger partial charge in [0, 0.05) is 26.7 Å². The van der Waals surface area contributed by atoms with Crippen LogP contribution < -0.4 is 16.0 Å². The van der Waals surface area contributed by atoms with Gasteiger partial charge in [0.15, 0.2) is 5.96 Å². The Kier molecular flexibility index (Phi) is 6.11. The molecule has 24 heavy (non-hydrogen) atoms. The number of nitrogens with one attached hydrogen (secondary N) is 3. The molecule has 2 rings (SSSR count). The number of nitrogens with zero attached hydrogens (tertiary/aromatic N) is 2. The second-order valence-electron chi connectivity index (χ2n) is 5.45. The average Bonchev–Trinajstić information content (AvgIpc) is 2.87. The quantitative estimate of drug-likeness (QED) is 0.399. The molecule has 1 aliphatic rings. The van der Waals surface area contributed by atoms with Crippen molar-refractivity contribution in [1.29, 1.82) is 0 Å². The predicted molar refractivity (Wildman–Crippen MR) is 89.3 cm³/mol. The van der Waals surface area contributed by atoms with E-state index in [1.165, 1.54) is 17.0 Å². The first kappa shape index (κ1) is 17.7. The maximum atomic E-state index is 13.1. The largest absolute Gasteiger partial charge is 0.356 e. The van der Waals surface area contributed by atoms with Gasteiger partial charge >= 0.3 is 6.03 Å². The van der Waals surface area contributed by atoms with E-state index in [-0.39, 0.29) is 30.8 Å². The number of amides is 3. The Balaban J connectivity index is 1.72. The van der Waals surface area contributed by atoms with Gasteiger partial charge in [-0.2, -0.15) is 0 Å². The van der Waals surface area contributed by atoms with Crippen LogP contribution in [0.1, 0.15) is 11.1 Å². The average molecular weight is 335 g/mol. The minimum atomic E-state index is -0.364. The summed E-state index contributed by atoms with van der Waals surface area (Å²) >= 11 is 0. The van der Waals surface area contributed by atoms with Crippen LogP contribution in [0.5, 0.6) is 0 Å². The number of imide groups is 1. The summed E-state index contributed by atoms with van der Waals surface area (Å²) in [5.74, 6) is 0.125. The van der Waals surface area contributed by atoms with E-state index in [4.69, 9.17) is 0 Å². The van der Waals surface area contributed by atoms with Crippen LogP contribution in [0.4, 0.5) is 9.18 Å². The maximum absolute atomic E-state index is 13.1. The molecule has 0 saturated carbocycles. The lowest BCUT2D eigenvalue weighted by Gasteiger charge is -2.15. The third-order valence-corrected chi connectivity index (χ3v) is 3.78. The zero-order valence-corrected chi connectivity index (χ0v) is 13.9. The number of urea groups is 1. The normalized spacial score (nSPS) is 14.8. The fourth-order valence-electron chi connectivity index (χ4n) is 2.44. The zero-order valence-electron chi connectivity index (χ0n) is 13.9. The highest BCUT2D eigenvalue weighted by molar-refractivity contribution is 6.01. The van der Waals surface area contributed by atoms with Crippen LogP contribution >= 0.6 is 0 Å². The van der Waals surface area contributed by atoms with Gasteiger partial charge in [0.25, 0.3) is 0 Å². The minimum absolute atomic E-state index is 0.0584. The minimum Gasteiger partial charge on any atom is -0.356 e. The third-order valence-electron chi connectivity index (χ3n) is 3.78. The van der Waals surface area contributed by atoms with Crippen LogP contribution in [0.25, 0.3) is 0 Å². The highest BCUT2D eigenvalue weighted by Crippen LogP contribution is 2.10. The Bertz CT molecular complexity index is 631. The molecule has 130 valence electrons. The van der Waals surface area contributed by atoms with Gasteiger partial charge in [0.1, 0.15) is 5.82 Å². The molecule has 0 unspecified atom stereocenters. The molecule has 8 heteroatoms. The van der Waals surface area contributed by atoms with Crippen molar-refractivity contribution in [2.45, 2.75) is 13.3 Å². The second-order valence-corrected chi connectivity index (χ2v) is 5.45. The predicted octanol–water partition coefficient (Wildman–Crippen LogP) is 0.393. The molecular weight excluding hydrogens is 313 g/mol. The maximum Gasteiger partial charge on any atom is 0.324 e. The SMILES string of the molecule is CN=C(NCCc1ccc(F)cc1C)NCCN1C(=O)CNC1=O. The van der Waals surface area contributed by atoms with Crippen LogP contribution in [-0.2, 0) is 11.2 Å². The van der Waals surface area contributed by atoms with Crippen LogP contribution in [0.15, 0.2) is 23.2 Å². The number of hydrogen-bond acceptors (Lipinski definition) is 3. The van der Waals surface area contributed by atoms with Crippen molar-refractivity contribution in [3.63, 3.8) is 0 Å². The number of rotatable bonds is 6. The van der Waals surface area contributed by atoms with Crippen LogP contribution in [0, 0.1) is 12.7 Å². The van der Waals surface area contributed by atoms with Gasteiger partial charge in [-0.15, -0.1) is 0 Å². The van der Waals surface area contributed by atoms with E-state index >= 15 is 0 Å². The Labute approximate surface area is 140 Å². The van der Waals surface area contributed by atoms with Gasteiger partial charge in [0.2, 0.25) is 5.91 Å². The molecule has 0 atom stereocenters. The highest BCUT2D eigenvalue weighted by atomic mass is 19.1. The van der Waals surface area contributed by atoms with E-state index in [1.54, 1.807) is 13.1 Å². The molecule has 0 aromatic heterocycles. The Morgan fingerprint density at radius 2 is 2.08 bits per heavy atom. The fourth-order valence-corrected chi connectivity index (χ4v) is 2.44. The summed E-state index contributed by atoms with van der Waals surface area (Å²) in [6.45, 7) is 3.26. The van der Waals surface area contributed by atoms with Gasteiger partial charge in [-0.3, -0.25) is 14.7 Å². The third kappa shape index (κ3) is 4.68. The molecule has 0 aliphatic carbocycles. The number of benzene rings is 1. The topological polar surface area (TPSA) is 85.8 Å². The highest BCUT2D eigenvalue weighted by Gasteiger charge is 2.27. The molecule has 0 radical (unpaired) electrons. The molecule has 1 aromatic rings. The molecule has 1 heterocycles. The number of carbonyl (C=O) groups is 2. The molecule has 3 N–H and O–H groups in total. The molecule has 3 amide bonds. The van der Waals surface area contributed by atoms with Gasteiger partial charge in [-0.25, -0.2) is 9.18 Å². The van der Waals surface area contributed by atoms with Crippen LogP contribution in [0.2, 0.25) is 0 Å². The summed E-state index contributed by atoms with van der Waals surface area (Å²) in [5, 5.41) is 8.67. The van der Waals surface area contributed by atoms with Gasteiger partial charge in [-0.1, -0.05) is 6.07 Å². The number of aryl methyl sites for hydroxylation is 1. The van der Waals surface area contributed by atoms with Crippen LogP contribution in [-0.4, -0.2) is 56.0 Å². The molecule has 1 saturated heterocycles. The molecule has 7 nitrogen and oxygen atoms in total. The lowest BCUT2D eigenvalue weighted by Crippen LogP contribution is -2.43. The Hall–Kier alpha value is -2.64. The Morgan fingerprint density at radius 3 is 2.71 bits per heavy atom. The van der Waals surface area contributed by atoms with Crippen LogP contribution in [0.3, 0.4) is 0 Å². The van der Waals surface area contributed by atoms with E-state index < -0.39 is 0 Å². The molecule has 1 aromatic carbocycles. The first-order valence-electron chi connectivity index (χ1n) is 7.79. The van der Waals surface area contributed by atoms with E-state index in [0.717, 1.165) is 17.5 Å². The first-order valence-corrected chi connectivity index (χ1v) is 7.79. The fraction of sp³-hybridized carbons (Fsp3) is 0.438. The van der Waals surface area contributed by atoms with Gasteiger partial charge in [-0.05, 0) is 36.6 Å². The number of hydrogen-bond donors (Lipinski definition) is 3. The molecule has 1 fully saturated rings. The molecule has 1 aliphatic heterocycles. The number of halogens is 1. The zero-order chi connectivity index (χ0) is 17.5. The smallest absolute Gasteiger partial charge is 0.324 e. The summed E-state index contributed by atoms with van der Waals surface area (Å²) in [5.41, 5.74) is 1.98. The van der Waals surface area contributed by atoms with E-state index in [9.17, 15) is 14.0 Å². The molecule has 0 spiro atoms. The summed E-state index contributed by atoms with van der Waals surface area (Å²) in [7, 11) is 1.65. The van der Waals surface area contributed by atoms with Gasteiger partial charge < -0.3 is 16.0 Å². The lowest BCUT2D eigenvalue weighted by atomic mass is 10.1. The van der Waals surface area contributed by atoms with Crippen molar-refractivity contribution < 1.29 is 14.0 Å². The van der Waals surface area contributed by atoms with E-state index in [2.05, 4.69) is 20.9 Å². The summed E-state index contributed by atoms with van der Waals surface area (Å²) in [6, 6.07) is 4.38. The van der Waals surface area contributed by atoms with Crippen molar-refractivity contribution in [2.24, 2.45) is 4.99 Å². The van der Waals surface area contributed by atoms with Crippen molar-refractivity contribution >= 4 is 17.9 Å². The van der Waals surface area contributed by atoms with Crippen molar-refractivity contribution in [3.05, 3.63) is 35.1 Å². The summed E-state index contributed by atoms with van der Waals surface area (Å²) < 4.78 is 13.1. The lowest BCUT2D eigenvalue weighted by molar-refractivity contribution is -0.124. The summed E-state index contributed by atoms with van der Waals surface area (Å²) in [6.07, 6.45) is 0.736. The number of guanidine groups is 1. The monoisotopic (exact) mass is 335 g/mol. The van der Waals surface area contributed by atoms with Crippen molar-refractivity contribution in [2.75, 3.05) is 33.2 Å². The van der Waals surface area contributed by atoms with Crippen molar-refractivity contribution in [1.82, 2.24) is 20.9 Å². The number of aliphatic imine (C=N–C) groups is 1. The second kappa shape index (κ2) is 8.28. The first-order chi connectivity index (χ1) is 11.5.